The van der Waals surface area contributed by atoms with E-state index in [1.54, 1.807) is 13.3 Å². The van der Waals surface area contributed by atoms with Gasteiger partial charge >= 0.3 is 0 Å². The number of rotatable bonds is 5. The van der Waals surface area contributed by atoms with Crippen LogP contribution in [0.4, 0.5) is 0 Å². The number of halogens is 1. The summed E-state index contributed by atoms with van der Waals surface area (Å²) in [5.74, 6) is 0.847. The van der Waals surface area contributed by atoms with E-state index in [4.69, 9.17) is 4.74 Å². The van der Waals surface area contributed by atoms with E-state index in [9.17, 15) is 0 Å². The minimum absolute atomic E-state index is 0.847. The molecule has 0 N–H and O–H groups in total. The van der Waals surface area contributed by atoms with Crippen LogP contribution in [0.5, 0.6) is 5.75 Å². The van der Waals surface area contributed by atoms with E-state index in [0.29, 0.717) is 0 Å². The lowest BCUT2D eigenvalue weighted by atomic mass is 10.1. The molecule has 0 aliphatic heterocycles. The van der Waals surface area contributed by atoms with Gasteiger partial charge in [-0.2, -0.15) is 5.10 Å². The monoisotopic (exact) mass is 272 g/mol. The summed E-state index contributed by atoms with van der Waals surface area (Å²) < 4.78 is 7.25. The summed E-state index contributed by atoms with van der Waals surface area (Å²) in [7, 11) is 1.68. The van der Waals surface area contributed by atoms with Crippen molar-refractivity contribution in [3.05, 3.63) is 18.0 Å². The molecular formula is C11H17BrN2O. The maximum atomic E-state index is 5.29. The molecule has 0 saturated heterocycles. The molecule has 1 aromatic heterocycles. The number of allylic oxidation sites excluding steroid dienone is 2. The number of hydrogen-bond acceptors (Lipinski definition) is 2. The van der Waals surface area contributed by atoms with Crippen LogP contribution in [0.25, 0.3) is 5.57 Å². The third-order valence-corrected chi connectivity index (χ3v) is 2.72. The van der Waals surface area contributed by atoms with E-state index in [2.05, 4.69) is 41.0 Å². The molecule has 0 aromatic carbocycles. The lowest BCUT2D eigenvalue weighted by Crippen LogP contribution is -2.02. The molecule has 1 heterocycles. The van der Waals surface area contributed by atoms with Crippen LogP contribution in [-0.4, -0.2) is 22.2 Å². The van der Waals surface area contributed by atoms with Crippen molar-refractivity contribution in [1.29, 1.82) is 0 Å². The fourth-order valence-electron chi connectivity index (χ4n) is 1.52. The van der Waals surface area contributed by atoms with E-state index in [-0.39, 0.29) is 0 Å². The molecule has 1 aromatic rings. The van der Waals surface area contributed by atoms with Gasteiger partial charge in [0.2, 0.25) is 0 Å². The van der Waals surface area contributed by atoms with Gasteiger partial charge in [0.25, 0.3) is 0 Å². The first-order chi connectivity index (χ1) is 7.24. The minimum atomic E-state index is 0.847. The van der Waals surface area contributed by atoms with E-state index in [1.165, 1.54) is 5.57 Å². The van der Waals surface area contributed by atoms with Crippen LogP contribution in [0.15, 0.2) is 12.3 Å². The largest absolute Gasteiger partial charge is 0.493 e. The molecule has 0 unspecified atom stereocenters. The van der Waals surface area contributed by atoms with Gasteiger partial charge in [-0.15, -0.1) is 0 Å². The van der Waals surface area contributed by atoms with Crippen LogP contribution >= 0.6 is 15.9 Å². The van der Waals surface area contributed by atoms with E-state index < -0.39 is 0 Å². The number of aromatic nitrogens is 2. The molecule has 15 heavy (non-hydrogen) atoms. The van der Waals surface area contributed by atoms with Crippen LogP contribution in [0.2, 0.25) is 0 Å². The Morgan fingerprint density at radius 1 is 1.67 bits per heavy atom. The first kappa shape index (κ1) is 12.3. The van der Waals surface area contributed by atoms with Crippen LogP contribution < -0.4 is 4.74 Å². The normalized spacial score (nSPS) is 11.9. The molecule has 0 atom stereocenters. The number of ether oxygens (including phenoxy) is 1. The second-order valence-corrected chi connectivity index (χ2v) is 4.04. The van der Waals surface area contributed by atoms with Gasteiger partial charge in [-0.1, -0.05) is 22.0 Å². The number of nitrogens with zero attached hydrogens (tertiary/aromatic N) is 2. The highest BCUT2D eigenvalue weighted by Crippen LogP contribution is 2.25. The summed E-state index contributed by atoms with van der Waals surface area (Å²) in [6, 6.07) is 0. The fraction of sp³-hybridized carbons (Fsp3) is 0.545. The predicted molar refractivity (Wildman–Crippen MR) is 66.5 cm³/mol. The molecule has 0 bridgehead atoms. The quantitative estimate of drug-likeness (QED) is 0.771. The zero-order valence-corrected chi connectivity index (χ0v) is 11.0. The summed E-state index contributed by atoms with van der Waals surface area (Å²) in [5, 5.41) is 5.25. The van der Waals surface area contributed by atoms with E-state index in [1.807, 2.05) is 4.68 Å². The summed E-state index contributed by atoms with van der Waals surface area (Å²) >= 11 is 3.41. The highest BCUT2D eigenvalue weighted by atomic mass is 79.9. The van der Waals surface area contributed by atoms with Gasteiger partial charge in [-0.25, -0.2) is 0 Å². The highest BCUT2D eigenvalue weighted by molar-refractivity contribution is 9.09. The van der Waals surface area contributed by atoms with Gasteiger partial charge in [-0.05, 0) is 25.8 Å². The Hall–Kier alpha value is -0.770. The Bertz CT molecular complexity index is 323. The molecule has 0 spiro atoms. The Morgan fingerprint density at radius 3 is 2.93 bits per heavy atom. The summed E-state index contributed by atoms with van der Waals surface area (Å²) in [4.78, 5) is 0. The van der Waals surface area contributed by atoms with Crippen LogP contribution in [0.1, 0.15) is 26.0 Å². The molecule has 0 saturated carbocycles. The van der Waals surface area contributed by atoms with Crippen molar-refractivity contribution in [2.24, 2.45) is 0 Å². The zero-order chi connectivity index (χ0) is 11.3. The molecule has 4 heteroatoms. The molecule has 1 rings (SSSR count). The molecule has 0 radical (unpaired) electrons. The Balaban J connectivity index is 3.03. The maximum Gasteiger partial charge on any atom is 0.164 e. The van der Waals surface area contributed by atoms with Gasteiger partial charge < -0.3 is 4.74 Å². The van der Waals surface area contributed by atoms with Crippen molar-refractivity contribution in [3.8, 4) is 5.75 Å². The maximum absolute atomic E-state index is 5.29. The highest BCUT2D eigenvalue weighted by Gasteiger charge is 2.11. The topological polar surface area (TPSA) is 27.1 Å². The number of hydrogen-bond donors (Lipinski definition) is 0. The molecule has 3 nitrogen and oxygen atoms in total. The SMILES string of the molecule is CCn1ncc(OC)c1C(C)=CCCBr. The van der Waals surface area contributed by atoms with E-state index in [0.717, 1.165) is 29.7 Å². The van der Waals surface area contributed by atoms with Crippen molar-refractivity contribution >= 4 is 21.5 Å². The first-order valence-corrected chi connectivity index (χ1v) is 6.19. The molecule has 84 valence electrons. The first-order valence-electron chi connectivity index (χ1n) is 5.07. The van der Waals surface area contributed by atoms with Gasteiger partial charge in [-0.3, -0.25) is 4.68 Å². The number of alkyl halides is 1. The van der Waals surface area contributed by atoms with Gasteiger partial charge in [0.05, 0.1) is 13.3 Å². The molecule has 0 amide bonds. The summed E-state index contributed by atoms with van der Waals surface area (Å²) in [6.07, 6.45) is 4.98. The second-order valence-electron chi connectivity index (χ2n) is 3.24. The van der Waals surface area contributed by atoms with Crippen molar-refractivity contribution in [2.75, 3.05) is 12.4 Å². The van der Waals surface area contributed by atoms with Crippen molar-refractivity contribution in [2.45, 2.75) is 26.8 Å². The van der Waals surface area contributed by atoms with Crippen LogP contribution in [-0.2, 0) is 6.54 Å². The molecular weight excluding hydrogens is 256 g/mol. The summed E-state index contributed by atoms with van der Waals surface area (Å²) in [6.45, 7) is 5.03. The second kappa shape index (κ2) is 5.95. The van der Waals surface area contributed by atoms with Gasteiger partial charge in [0.15, 0.2) is 5.75 Å². The van der Waals surface area contributed by atoms with Gasteiger partial charge in [0, 0.05) is 11.9 Å². The number of methoxy groups -OCH3 is 1. The fourth-order valence-corrected chi connectivity index (χ4v) is 1.75. The standard InChI is InChI=1S/C11H17BrN2O/c1-4-14-11(9(2)6-5-7-12)10(15-3)8-13-14/h6,8H,4-5,7H2,1-3H3. The Labute approximate surface area is 99.2 Å². The average molecular weight is 273 g/mol. The molecule has 0 fully saturated rings. The number of aryl methyl sites for hydroxylation is 1. The van der Waals surface area contributed by atoms with Crippen molar-refractivity contribution in [1.82, 2.24) is 9.78 Å². The molecule has 0 aliphatic carbocycles. The van der Waals surface area contributed by atoms with Gasteiger partial charge in [0.1, 0.15) is 5.69 Å². The third kappa shape index (κ3) is 2.84. The lowest BCUT2D eigenvalue weighted by Gasteiger charge is -2.07. The Kier molecular flexibility index (Phi) is 4.88. The van der Waals surface area contributed by atoms with E-state index >= 15 is 0 Å². The minimum Gasteiger partial charge on any atom is -0.493 e. The molecule has 0 aliphatic rings. The Morgan fingerprint density at radius 2 is 2.40 bits per heavy atom. The van der Waals surface area contributed by atoms with Crippen molar-refractivity contribution < 1.29 is 4.74 Å². The summed E-state index contributed by atoms with van der Waals surface area (Å²) in [5.41, 5.74) is 2.30. The zero-order valence-electron chi connectivity index (χ0n) is 9.46. The van der Waals surface area contributed by atoms with Crippen LogP contribution in [0.3, 0.4) is 0 Å². The average Bonchev–Trinajstić information content (AvgIpc) is 2.68. The third-order valence-electron chi connectivity index (χ3n) is 2.26. The van der Waals surface area contributed by atoms with Crippen LogP contribution in [0, 0.1) is 0 Å². The smallest absolute Gasteiger partial charge is 0.164 e. The predicted octanol–water partition coefficient (Wildman–Crippen LogP) is 3.10. The lowest BCUT2D eigenvalue weighted by molar-refractivity contribution is 0.412. The van der Waals surface area contributed by atoms with Crippen molar-refractivity contribution in [3.63, 3.8) is 0 Å².